The van der Waals surface area contributed by atoms with E-state index in [1.807, 2.05) is 50.4 Å². The number of aryl methyl sites for hydroxylation is 1. The second kappa shape index (κ2) is 11.0. The number of rotatable bonds is 8. The van der Waals surface area contributed by atoms with Crippen LogP contribution < -0.4 is 9.50 Å². The van der Waals surface area contributed by atoms with Crippen LogP contribution in [-0.4, -0.2) is 11.2 Å². The average molecular weight is 493 g/mol. The first-order chi connectivity index (χ1) is 15.7. The largest absolute Gasteiger partial charge is 0.426 e. The molecule has 0 bridgehead atoms. The highest BCUT2D eigenvalue weighted by Crippen LogP contribution is 2.38. The fourth-order valence-electron chi connectivity index (χ4n) is 3.28. The molecule has 1 heterocycles. The van der Waals surface area contributed by atoms with Crippen molar-refractivity contribution in [2.24, 2.45) is 0 Å². The number of nitrogens with zero attached hydrogens (tertiary/aromatic N) is 1. The van der Waals surface area contributed by atoms with Crippen molar-refractivity contribution in [2.75, 3.05) is 6.26 Å². The van der Waals surface area contributed by atoms with Gasteiger partial charge in [-0.15, -0.1) is 0 Å². The fraction of sp³-hybridized carbons (Fsp3) is 0.240. The molecule has 0 saturated carbocycles. The smallest absolute Gasteiger partial charge is 0.417 e. The van der Waals surface area contributed by atoms with Crippen molar-refractivity contribution in [3.05, 3.63) is 88.2 Å². The molecule has 1 N–H and O–H groups in total. The second-order valence-electron chi connectivity index (χ2n) is 7.38. The Morgan fingerprint density at radius 2 is 1.91 bits per heavy atom. The number of benzene rings is 2. The number of halogens is 4. The molecule has 8 heteroatoms. The molecule has 0 spiro atoms. The molecule has 2 aromatic carbocycles. The fourth-order valence-corrected chi connectivity index (χ4v) is 3.80. The van der Waals surface area contributed by atoms with E-state index in [1.165, 1.54) is 6.07 Å². The minimum atomic E-state index is -4.54. The molecular weight excluding hydrogens is 469 g/mol. The minimum Gasteiger partial charge on any atom is -0.426 e. The van der Waals surface area contributed by atoms with Gasteiger partial charge in [-0.05, 0) is 66.4 Å². The highest BCUT2D eigenvalue weighted by molar-refractivity contribution is 7.94. The lowest BCUT2D eigenvalue weighted by molar-refractivity contribution is -0.137. The standard InChI is InChI=1S/C25H24ClF3N2OS/c1-4-5-24(31-15-17-7-6-16(2)30-14-17)20-10-19(11-21(12-20)32-33-3)18-8-9-23(26)22(13-18)25(27,28)29/h5-14,31H,4,15H2,1-3H3/b24-5+. The van der Waals surface area contributed by atoms with Crippen LogP contribution in [0.5, 0.6) is 5.75 Å². The van der Waals surface area contributed by atoms with Gasteiger partial charge < -0.3 is 9.50 Å². The van der Waals surface area contributed by atoms with E-state index in [0.29, 0.717) is 23.4 Å². The summed E-state index contributed by atoms with van der Waals surface area (Å²) in [6.07, 6.45) is 1.86. The van der Waals surface area contributed by atoms with Crippen molar-refractivity contribution in [1.82, 2.24) is 10.3 Å². The van der Waals surface area contributed by atoms with Crippen molar-refractivity contribution in [3.63, 3.8) is 0 Å². The molecule has 0 unspecified atom stereocenters. The van der Waals surface area contributed by atoms with Gasteiger partial charge in [-0.1, -0.05) is 36.7 Å². The zero-order valence-corrected chi connectivity index (χ0v) is 20.0. The number of allylic oxidation sites excluding steroid dienone is 1. The van der Waals surface area contributed by atoms with Gasteiger partial charge in [0.05, 0.1) is 22.6 Å². The topological polar surface area (TPSA) is 34.2 Å². The molecule has 174 valence electrons. The summed E-state index contributed by atoms with van der Waals surface area (Å²) >= 11 is 6.97. The Bertz CT molecular complexity index is 1130. The van der Waals surface area contributed by atoms with Gasteiger partial charge in [0.25, 0.3) is 0 Å². The number of alkyl halides is 3. The van der Waals surface area contributed by atoms with Crippen LogP contribution in [0.3, 0.4) is 0 Å². The van der Waals surface area contributed by atoms with Gasteiger partial charge in [0.15, 0.2) is 0 Å². The van der Waals surface area contributed by atoms with Crippen LogP contribution in [0.15, 0.2) is 60.8 Å². The van der Waals surface area contributed by atoms with Crippen LogP contribution >= 0.6 is 23.6 Å². The second-order valence-corrected chi connectivity index (χ2v) is 8.28. The molecule has 3 rings (SSSR count). The molecule has 0 fully saturated rings. The lowest BCUT2D eigenvalue weighted by Gasteiger charge is -2.16. The zero-order valence-electron chi connectivity index (χ0n) is 18.5. The molecule has 0 amide bonds. The third kappa shape index (κ3) is 6.68. The van der Waals surface area contributed by atoms with Gasteiger partial charge in [-0.25, -0.2) is 0 Å². The highest BCUT2D eigenvalue weighted by Gasteiger charge is 2.33. The van der Waals surface area contributed by atoms with Gasteiger partial charge in [0.2, 0.25) is 0 Å². The summed E-state index contributed by atoms with van der Waals surface area (Å²) in [7, 11) is 0. The maximum absolute atomic E-state index is 13.4. The number of hydrogen-bond acceptors (Lipinski definition) is 4. The third-order valence-electron chi connectivity index (χ3n) is 4.87. The van der Waals surface area contributed by atoms with E-state index in [9.17, 15) is 13.2 Å². The Labute approximate surface area is 201 Å². The highest BCUT2D eigenvalue weighted by atomic mass is 35.5. The van der Waals surface area contributed by atoms with Crippen LogP contribution in [0.4, 0.5) is 13.2 Å². The van der Waals surface area contributed by atoms with Crippen molar-refractivity contribution < 1.29 is 17.4 Å². The zero-order chi connectivity index (χ0) is 24.0. The van der Waals surface area contributed by atoms with E-state index in [1.54, 1.807) is 18.4 Å². The Kier molecular flexibility index (Phi) is 8.32. The van der Waals surface area contributed by atoms with Crippen LogP contribution in [0, 0.1) is 6.92 Å². The normalized spacial score (nSPS) is 12.0. The molecule has 0 aliphatic heterocycles. The molecule has 0 saturated heterocycles. The van der Waals surface area contributed by atoms with E-state index in [-0.39, 0.29) is 5.02 Å². The van der Waals surface area contributed by atoms with Crippen LogP contribution in [0.25, 0.3) is 16.8 Å². The summed E-state index contributed by atoms with van der Waals surface area (Å²) in [5, 5.41) is 3.09. The molecule has 3 aromatic rings. The maximum atomic E-state index is 13.4. The Morgan fingerprint density at radius 3 is 2.55 bits per heavy atom. The molecule has 0 atom stereocenters. The van der Waals surface area contributed by atoms with Crippen LogP contribution in [0.2, 0.25) is 5.02 Å². The summed E-state index contributed by atoms with van der Waals surface area (Å²) < 4.78 is 45.8. The predicted molar refractivity (Wildman–Crippen MR) is 130 cm³/mol. The van der Waals surface area contributed by atoms with Gasteiger partial charge in [0, 0.05) is 36.0 Å². The molecule has 1 aromatic heterocycles. The number of hydrogen-bond donors (Lipinski definition) is 1. The van der Waals surface area contributed by atoms with E-state index in [4.69, 9.17) is 15.8 Å². The predicted octanol–water partition coefficient (Wildman–Crippen LogP) is 7.93. The third-order valence-corrected chi connectivity index (χ3v) is 5.55. The molecule has 0 aliphatic rings. The lowest BCUT2D eigenvalue weighted by Crippen LogP contribution is -2.12. The quantitative estimate of drug-likeness (QED) is 0.324. The number of nitrogens with one attached hydrogen (secondary N) is 1. The Morgan fingerprint density at radius 1 is 1.12 bits per heavy atom. The van der Waals surface area contributed by atoms with Crippen LogP contribution in [-0.2, 0) is 12.7 Å². The molecule has 0 aliphatic carbocycles. The number of aromatic nitrogens is 1. The first-order valence-electron chi connectivity index (χ1n) is 10.3. The monoisotopic (exact) mass is 492 g/mol. The van der Waals surface area contributed by atoms with Gasteiger partial charge >= 0.3 is 6.18 Å². The van der Waals surface area contributed by atoms with Crippen molar-refractivity contribution in [1.29, 1.82) is 0 Å². The SMILES string of the molecule is CC/C=C(/NCc1ccc(C)nc1)c1cc(OSC)cc(-c2ccc(Cl)c(C(F)(F)F)c2)c1. The first kappa shape index (κ1) is 25.0. The number of pyridine rings is 1. The van der Waals surface area contributed by atoms with E-state index in [2.05, 4.69) is 10.3 Å². The Balaban J connectivity index is 2.00. The minimum absolute atomic E-state index is 0.331. The summed E-state index contributed by atoms with van der Waals surface area (Å²) in [6.45, 7) is 4.51. The van der Waals surface area contributed by atoms with E-state index in [0.717, 1.165) is 47.0 Å². The summed E-state index contributed by atoms with van der Waals surface area (Å²) in [6, 6.07) is 13.3. The molecule has 33 heavy (non-hydrogen) atoms. The van der Waals surface area contributed by atoms with Gasteiger partial charge in [-0.2, -0.15) is 13.2 Å². The molecule has 3 nitrogen and oxygen atoms in total. The average Bonchev–Trinajstić information content (AvgIpc) is 2.77. The summed E-state index contributed by atoms with van der Waals surface area (Å²) in [5.74, 6) is 0.541. The van der Waals surface area contributed by atoms with Crippen molar-refractivity contribution in [3.8, 4) is 16.9 Å². The van der Waals surface area contributed by atoms with E-state index < -0.39 is 11.7 Å². The van der Waals surface area contributed by atoms with E-state index >= 15 is 0 Å². The molecular formula is C25H24ClF3N2OS. The van der Waals surface area contributed by atoms with Gasteiger partial charge in [0.1, 0.15) is 5.75 Å². The van der Waals surface area contributed by atoms with Crippen molar-refractivity contribution >= 4 is 29.3 Å². The summed E-state index contributed by atoms with van der Waals surface area (Å²) in [4.78, 5) is 4.32. The first-order valence-corrected chi connectivity index (χ1v) is 11.8. The van der Waals surface area contributed by atoms with Crippen LogP contribution in [0.1, 0.15) is 35.7 Å². The lowest BCUT2D eigenvalue weighted by atomic mass is 9.98. The van der Waals surface area contributed by atoms with Gasteiger partial charge in [-0.3, -0.25) is 4.98 Å². The van der Waals surface area contributed by atoms with Crippen molar-refractivity contribution in [2.45, 2.75) is 33.0 Å². The Hall–Kier alpha value is -2.64. The maximum Gasteiger partial charge on any atom is 0.417 e. The molecule has 0 radical (unpaired) electrons. The summed E-state index contributed by atoms with van der Waals surface area (Å²) in [5.41, 5.74) is 3.76.